The van der Waals surface area contributed by atoms with Gasteiger partial charge in [-0.1, -0.05) is 73.1 Å². The second-order valence-corrected chi connectivity index (χ2v) is 6.80. The van der Waals surface area contributed by atoms with E-state index in [0.717, 1.165) is 28.5 Å². The average Bonchev–Trinajstić information content (AvgIpc) is 2.34. The zero-order chi connectivity index (χ0) is 14.1. The summed E-state index contributed by atoms with van der Waals surface area (Å²) in [6.07, 6.45) is 6.71. The molecule has 1 aromatic carbocycles. The maximum Gasteiger partial charge on any atom is 0.0417 e. The van der Waals surface area contributed by atoms with Crippen molar-refractivity contribution in [1.82, 2.24) is 5.32 Å². The topological polar surface area (TPSA) is 12.0 Å². The van der Waals surface area contributed by atoms with Crippen LogP contribution < -0.4 is 5.32 Å². The van der Waals surface area contributed by atoms with Crippen LogP contribution >= 0.6 is 27.5 Å². The Morgan fingerprint density at radius 1 is 1.16 bits per heavy atom. The zero-order valence-electron chi connectivity index (χ0n) is 12.0. The molecular weight excluding hydrogens is 322 g/mol. The van der Waals surface area contributed by atoms with Crippen molar-refractivity contribution >= 4 is 27.5 Å². The van der Waals surface area contributed by atoms with Crippen molar-refractivity contribution in [3.8, 4) is 0 Å². The van der Waals surface area contributed by atoms with Crippen LogP contribution in [0.25, 0.3) is 0 Å². The number of unbranched alkanes of at least 4 members (excludes halogenated alkanes) is 3. The summed E-state index contributed by atoms with van der Waals surface area (Å²) < 4.78 is 1.09. The fourth-order valence-electron chi connectivity index (χ4n) is 2.04. The molecule has 0 aliphatic rings. The van der Waals surface area contributed by atoms with Gasteiger partial charge in [-0.05, 0) is 36.6 Å². The molecule has 0 spiro atoms. The Balaban J connectivity index is 2.04. The number of rotatable bonds is 9. The lowest BCUT2D eigenvalue weighted by atomic mass is 10.0. The monoisotopic (exact) mass is 345 g/mol. The van der Waals surface area contributed by atoms with E-state index in [1.165, 1.54) is 37.7 Å². The van der Waals surface area contributed by atoms with Gasteiger partial charge in [0.15, 0.2) is 0 Å². The van der Waals surface area contributed by atoms with E-state index >= 15 is 0 Å². The van der Waals surface area contributed by atoms with Crippen LogP contribution in [0, 0.1) is 5.92 Å². The molecule has 0 aliphatic heterocycles. The SMILES string of the molecule is CC(C)CCCCCCNCc1ccc(Cl)cc1Br. The largest absolute Gasteiger partial charge is 0.313 e. The summed E-state index contributed by atoms with van der Waals surface area (Å²) in [4.78, 5) is 0. The minimum absolute atomic E-state index is 0.778. The van der Waals surface area contributed by atoms with E-state index in [9.17, 15) is 0 Å². The van der Waals surface area contributed by atoms with Crippen molar-refractivity contribution in [2.75, 3.05) is 6.54 Å². The lowest BCUT2D eigenvalue weighted by molar-refractivity contribution is 0.512. The lowest BCUT2D eigenvalue weighted by Crippen LogP contribution is -2.14. The van der Waals surface area contributed by atoms with Crippen LogP contribution in [0.2, 0.25) is 5.02 Å². The highest BCUT2D eigenvalue weighted by Crippen LogP contribution is 2.21. The first kappa shape index (κ1) is 17.0. The fraction of sp³-hybridized carbons (Fsp3) is 0.625. The molecule has 0 radical (unpaired) electrons. The Morgan fingerprint density at radius 2 is 1.89 bits per heavy atom. The molecule has 0 heterocycles. The molecule has 0 saturated carbocycles. The van der Waals surface area contributed by atoms with Crippen LogP contribution in [0.3, 0.4) is 0 Å². The van der Waals surface area contributed by atoms with Gasteiger partial charge < -0.3 is 5.32 Å². The fourth-order valence-corrected chi connectivity index (χ4v) is 2.87. The van der Waals surface area contributed by atoms with Crippen LogP contribution in [0.4, 0.5) is 0 Å². The third-order valence-electron chi connectivity index (χ3n) is 3.22. The highest BCUT2D eigenvalue weighted by molar-refractivity contribution is 9.10. The smallest absolute Gasteiger partial charge is 0.0417 e. The van der Waals surface area contributed by atoms with Crippen molar-refractivity contribution in [3.05, 3.63) is 33.3 Å². The predicted molar refractivity (Wildman–Crippen MR) is 88.8 cm³/mol. The first-order valence-electron chi connectivity index (χ1n) is 7.24. The maximum absolute atomic E-state index is 5.92. The number of halogens is 2. The van der Waals surface area contributed by atoms with Crippen molar-refractivity contribution in [3.63, 3.8) is 0 Å². The standard InChI is InChI=1S/C16H25BrClN/c1-13(2)7-5-3-4-6-10-19-12-14-8-9-15(18)11-16(14)17/h8-9,11,13,19H,3-7,10,12H2,1-2H3. The van der Waals surface area contributed by atoms with Crippen molar-refractivity contribution < 1.29 is 0 Å². The number of nitrogens with one attached hydrogen (secondary N) is 1. The van der Waals surface area contributed by atoms with E-state index in [-0.39, 0.29) is 0 Å². The van der Waals surface area contributed by atoms with E-state index in [2.05, 4.69) is 41.2 Å². The third kappa shape index (κ3) is 7.96. The minimum Gasteiger partial charge on any atom is -0.313 e. The summed E-state index contributed by atoms with van der Waals surface area (Å²) >= 11 is 9.46. The van der Waals surface area contributed by atoms with E-state index in [0.29, 0.717) is 0 Å². The molecule has 0 aliphatic carbocycles. The van der Waals surface area contributed by atoms with Gasteiger partial charge in [0.05, 0.1) is 0 Å². The molecule has 0 fully saturated rings. The molecule has 0 bridgehead atoms. The van der Waals surface area contributed by atoms with Gasteiger partial charge in [-0.15, -0.1) is 0 Å². The van der Waals surface area contributed by atoms with Gasteiger partial charge in [-0.2, -0.15) is 0 Å². The van der Waals surface area contributed by atoms with E-state index in [4.69, 9.17) is 11.6 Å². The average molecular weight is 347 g/mol. The van der Waals surface area contributed by atoms with Gasteiger partial charge in [-0.25, -0.2) is 0 Å². The molecule has 0 amide bonds. The number of hydrogen-bond acceptors (Lipinski definition) is 1. The third-order valence-corrected chi connectivity index (χ3v) is 4.19. The van der Waals surface area contributed by atoms with E-state index < -0.39 is 0 Å². The molecule has 1 nitrogen and oxygen atoms in total. The summed E-state index contributed by atoms with van der Waals surface area (Å²) in [5.74, 6) is 0.848. The maximum atomic E-state index is 5.92. The molecule has 19 heavy (non-hydrogen) atoms. The Hall–Kier alpha value is -0.0500. The first-order valence-corrected chi connectivity index (χ1v) is 8.41. The van der Waals surface area contributed by atoms with Crippen LogP contribution in [0.1, 0.15) is 51.5 Å². The summed E-state index contributed by atoms with van der Waals surface area (Å²) in [5, 5.41) is 4.27. The summed E-state index contributed by atoms with van der Waals surface area (Å²) in [7, 11) is 0. The van der Waals surface area contributed by atoms with Crippen molar-refractivity contribution in [1.29, 1.82) is 0 Å². The Labute approximate surface area is 131 Å². The lowest BCUT2D eigenvalue weighted by Gasteiger charge is -2.08. The van der Waals surface area contributed by atoms with Gasteiger partial charge in [0.2, 0.25) is 0 Å². The molecule has 108 valence electrons. The molecule has 0 atom stereocenters. The summed E-state index contributed by atoms with van der Waals surface area (Å²) in [6.45, 7) is 6.59. The number of benzene rings is 1. The highest BCUT2D eigenvalue weighted by atomic mass is 79.9. The molecule has 0 unspecified atom stereocenters. The van der Waals surface area contributed by atoms with Gasteiger partial charge >= 0.3 is 0 Å². The van der Waals surface area contributed by atoms with Crippen LogP contribution in [-0.4, -0.2) is 6.54 Å². The molecule has 0 saturated heterocycles. The quantitative estimate of drug-likeness (QED) is 0.557. The summed E-state index contributed by atoms with van der Waals surface area (Å²) in [5.41, 5.74) is 1.27. The van der Waals surface area contributed by atoms with Crippen molar-refractivity contribution in [2.24, 2.45) is 5.92 Å². The van der Waals surface area contributed by atoms with Gasteiger partial charge in [0.1, 0.15) is 0 Å². The van der Waals surface area contributed by atoms with Crippen LogP contribution in [0.15, 0.2) is 22.7 Å². The summed E-state index contributed by atoms with van der Waals surface area (Å²) in [6, 6.07) is 5.96. The van der Waals surface area contributed by atoms with Crippen LogP contribution in [0.5, 0.6) is 0 Å². The number of hydrogen-bond donors (Lipinski definition) is 1. The molecular formula is C16H25BrClN. The van der Waals surface area contributed by atoms with E-state index in [1.807, 2.05) is 12.1 Å². The van der Waals surface area contributed by atoms with Gasteiger partial charge in [0, 0.05) is 16.0 Å². The Morgan fingerprint density at radius 3 is 2.58 bits per heavy atom. The van der Waals surface area contributed by atoms with Gasteiger partial charge in [0.25, 0.3) is 0 Å². The Bertz CT molecular complexity index is 366. The zero-order valence-corrected chi connectivity index (χ0v) is 14.4. The van der Waals surface area contributed by atoms with E-state index in [1.54, 1.807) is 0 Å². The second kappa shape index (κ2) is 9.79. The molecule has 3 heteroatoms. The second-order valence-electron chi connectivity index (χ2n) is 5.51. The molecule has 1 N–H and O–H groups in total. The predicted octanol–water partition coefficient (Wildman–Crippen LogP) is 5.80. The molecule has 0 aromatic heterocycles. The van der Waals surface area contributed by atoms with Crippen molar-refractivity contribution in [2.45, 2.75) is 52.5 Å². The van der Waals surface area contributed by atoms with Gasteiger partial charge in [-0.3, -0.25) is 0 Å². The molecule has 1 aromatic rings. The Kier molecular flexibility index (Phi) is 8.76. The highest BCUT2D eigenvalue weighted by Gasteiger charge is 2.00. The van der Waals surface area contributed by atoms with Crippen LogP contribution in [-0.2, 0) is 6.54 Å². The molecule has 1 rings (SSSR count). The minimum atomic E-state index is 0.778. The normalized spacial score (nSPS) is 11.2. The first-order chi connectivity index (χ1) is 9.09.